The third kappa shape index (κ3) is 3.97. The molecule has 8 nitrogen and oxygen atoms in total. The predicted molar refractivity (Wildman–Crippen MR) is 145 cm³/mol. The lowest BCUT2D eigenvalue weighted by Gasteiger charge is -2.42. The standard InChI is InChI=1S/C32H29NO7/c1-16-13-24(35)23-15-22-20(27(29(23)30(16)37)18-5-10-26(40-2)25(36)14-18)8-9-21-28(22)32(39)33(31(21)38)12-11-17-3-6-19(34)7-4-17/h3-8,10,13-14,21-22,27-28,34,36H,9,11-12,15H2,1-2H3/t21-,22+,27-,28-/m0/s1. The topological polar surface area (TPSA) is 121 Å². The van der Waals surface area contributed by atoms with E-state index in [4.69, 9.17) is 4.74 Å². The number of carbonyl (C=O) groups is 4. The number of ketones is 2. The molecule has 40 heavy (non-hydrogen) atoms. The van der Waals surface area contributed by atoms with Crippen LogP contribution in [0.1, 0.15) is 36.8 Å². The average Bonchev–Trinajstić information content (AvgIpc) is 3.19. The van der Waals surface area contributed by atoms with E-state index in [-0.39, 0.29) is 53.6 Å². The highest BCUT2D eigenvalue weighted by atomic mass is 16.5. The number of fused-ring (bicyclic) bond motifs is 3. The van der Waals surface area contributed by atoms with Crippen molar-refractivity contribution < 1.29 is 34.1 Å². The lowest BCUT2D eigenvalue weighted by molar-refractivity contribution is -0.140. The molecule has 2 aromatic rings. The maximum atomic E-state index is 13.8. The molecular formula is C32H29NO7. The maximum Gasteiger partial charge on any atom is 0.233 e. The Balaban J connectivity index is 1.38. The van der Waals surface area contributed by atoms with Crippen molar-refractivity contribution in [2.45, 2.75) is 32.1 Å². The number of hydrogen-bond donors (Lipinski definition) is 2. The number of rotatable bonds is 5. The molecule has 1 fully saturated rings. The first-order chi connectivity index (χ1) is 19.2. The van der Waals surface area contributed by atoms with E-state index in [9.17, 15) is 29.4 Å². The van der Waals surface area contributed by atoms with E-state index in [0.717, 1.165) is 11.1 Å². The SMILES string of the molecule is COc1ccc([C@H]2C3=CC[C@@H]4C(=O)N(CCc5ccc(O)cc5)C(=O)[C@@H]4[C@@H]3CC3=C2C(=O)C(C)=CC3=O)cc1O. The number of carbonyl (C=O) groups excluding carboxylic acids is 4. The smallest absolute Gasteiger partial charge is 0.233 e. The normalized spacial score (nSPS) is 25.8. The molecule has 1 heterocycles. The summed E-state index contributed by atoms with van der Waals surface area (Å²) in [4.78, 5) is 55.3. The summed E-state index contributed by atoms with van der Waals surface area (Å²) in [6.45, 7) is 1.84. The molecule has 3 aliphatic carbocycles. The van der Waals surface area contributed by atoms with Gasteiger partial charge in [-0.25, -0.2) is 0 Å². The third-order valence-electron chi connectivity index (χ3n) is 8.75. The maximum absolute atomic E-state index is 13.8. The Kier molecular flexibility index (Phi) is 6.21. The number of hydrogen-bond acceptors (Lipinski definition) is 7. The van der Waals surface area contributed by atoms with Crippen molar-refractivity contribution in [3.05, 3.63) is 88.0 Å². The summed E-state index contributed by atoms with van der Waals surface area (Å²) in [5.74, 6) is -2.82. The average molecular weight is 540 g/mol. The zero-order valence-corrected chi connectivity index (χ0v) is 22.2. The molecule has 1 aliphatic heterocycles. The van der Waals surface area contributed by atoms with Crippen molar-refractivity contribution in [1.29, 1.82) is 0 Å². The van der Waals surface area contributed by atoms with Crippen molar-refractivity contribution >= 4 is 23.4 Å². The monoisotopic (exact) mass is 539 g/mol. The minimum Gasteiger partial charge on any atom is -0.508 e. The number of imide groups is 1. The Morgan fingerprint density at radius 3 is 2.42 bits per heavy atom. The lowest BCUT2D eigenvalue weighted by Crippen LogP contribution is -2.40. The van der Waals surface area contributed by atoms with Gasteiger partial charge >= 0.3 is 0 Å². The quantitative estimate of drug-likeness (QED) is 0.337. The second-order valence-corrected chi connectivity index (χ2v) is 10.9. The summed E-state index contributed by atoms with van der Waals surface area (Å²) in [5, 5.41) is 20.1. The molecule has 2 N–H and O–H groups in total. The first-order valence-corrected chi connectivity index (χ1v) is 13.4. The van der Waals surface area contributed by atoms with E-state index >= 15 is 0 Å². The fourth-order valence-corrected chi connectivity index (χ4v) is 6.82. The van der Waals surface area contributed by atoms with Crippen LogP contribution in [0.15, 0.2) is 76.9 Å². The van der Waals surface area contributed by atoms with Crippen LogP contribution in [0.5, 0.6) is 17.2 Å². The molecule has 0 unspecified atom stereocenters. The molecule has 8 heteroatoms. The number of phenols is 2. The molecule has 0 bridgehead atoms. The van der Waals surface area contributed by atoms with Crippen LogP contribution in [0, 0.1) is 17.8 Å². The summed E-state index contributed by atoms with van der Waals surface area (Å²) in [5.41, 5.74) is 3.47. The van der Waals surface area contributed by atoms with Gasteiger partial charge in [-0.1, -0.05) is 29.8 Å². The molecule has 4 atom stereocenters. The Hall–Kier alpha value is -4.46. The molecule has 1 saturated heterocycles. The van der Waals surface area contributed by atoms with Crippen LogP contribution in [0.3, 0.4) is 0 Å². The molecule has 4 aliphatic rings. The zero-order chi connectivity index (χ0) is 28.3. The van der Waals surface area contributed by atoms with E-state index in [1.54, 1.807) is 49.4 Å². The summed E-state index contributed by atoms with van der Waals surface area (Å²) in [6.07, 6.45) is 4.34. The highest BCUT2D eigenvalue weighted by Gasteiger charge is 2.56. The third-order valence-corrected chi connectivity index (χ3v) is 8.75. The van der Waals surface area contributed by atoms with Crippen LogP contribution < -0.4 is 4.74 Å². The van der Waals surface area contributed by atoms with Gasteiger partial charge in [-0.15, -0.1) is 0 Å². The van der Waals surface area contributed by atoms with Crippen LogP contribution in [-0.4, -0.2) is 52.1 Å². The summed E-state index contributed by atoms with van der Waals surface area (Å²) in [7, 11) is 1.45. The van der Waals surface area contributed by atoms with Crippen molar-refractivity contribution in [2.24, 2.45) is 17.8 Å². The largest absolute Gasteiger partial charge is 0.508 e. The minimum atomic E-state index is -0.634. The second kappa shape index (κ2) is 9.62. The van der Waals surface area contributed by atoms with Gasteiger partial charge in [0.15, 0.2) is 23.1 Å². The van der Waals surface area contributed by atoms with Gasteiger partial charge in [0.05, 0.1) is 18.9 Å². The highest BCUT2D eigenvalue weighted by Crippen LogP contribution is 2.55. The number of benzene rings is 2. The van der Waals surface area contributed by atoms with Gasteiger partial charge in [0.1, 0.15) is 5.75 Å². The van der Waals surface area contributed by atoms with E-state index < -0.39 is 23.7 Å². The molecule has 6 rings (SSSR count). The van der Waals surface area contributed by atoms with Crippen molar-refractivity contribution in [3.63, 3.8) is 0 Å². The summed E-state index contributed by atoms with van der Waals surface area (Å²) >= 11 is 0. The molecular weight excluding hydrogens is 510 g/mol. The van der Waals surface area contributed by atoms with Crippen LogP contribution >= 0.6 is 0 Å². The van der Waals surface area contributed by atoms with E-state index in [2.05, 4.69) is 0 Å². The van der Waals surface area contributed by atoms with E-state index in [0.29, 0.717) is 35.1 Å². The fourth-order valence-electron chi connectivity index (χ4n) is 6.82. The first-order valence-electron chi connectivity index (χ1n) is 13.4. The Labute approximate surface area is 231 Å². The van der Waals surface area contributed by atoms with Crippen LogP contribution in [0.2, 0.25) is 0 Å². The molecule has 0 spiro atoms. The van der Waals surface area contributed by atoms with Gasteiger partial charge in [0, 0.05) is 29.2 Å². The van der Waals surface area contributed by atoms with Gasteiger partial charge in [0.2, 0.25) is 11.8 Å². The summed E-state index contributed by atoms with van der Waals surface area (Å²) < 4.78 is 5.20. The molecule has 204 valence electrons. The zero-order valence-electron chi connectivity index (χ0n) is 22.2. The summed E-state index contributed by atoms with van der Waals surface area (Å²) in [6, 6.07) is 11.6. The Morgan fingerprint density at radius 1 is 0.975 bits per heavy atom. The van der Waals surface area contributed by atoms with Gasteiger partial charge < -0.3 is 14.9 Å². The van der Waals surface area contributed by atoms with Crippen LogP contribution in [0.25, 0.3) is 0 Å². The minimum absolute atomic E-state index is 0.0899. The van der Waals surface area contributed by atoms with Crippen molar-refractivity contribution in [1.82, 2.24) is 4.90 Å². The van der Waals surface area contributed by atoms with Gasteiger partial charge in [-0.2, -0.15) is 0 Å². The Bertz CT molecular complexity index is 1560. The predicted octanol–water partition coefficient (Wildman–Crippen LogP) is 3.78. The van der Waals surface area contributed by atoms with Gasteiger partial charge in [-0.05, 0) is 73.6 Å². The van der Waals surface area contributed by atoms with Crippen LogP contribution in [-0.2, 0) is 25.6 Å². The number of likely N-dealkylation sites (tertiary alicyclic amines) is 1. The van der Waals surface area contributed by atoms with Crippen LogP contribution in [0.4, 0.5) is 0 Å². The van der Waals surface area contributed by atoms with Gasteiger partial charge in [0.25, 0.3) is 0 Å². The number of aromatic hydroxyl groups is 2. The lowest BCUT2D eigenvalue weighted by atomic mass is 9.59. The fraction of sp³-hybridized carbons (Fsp3) is 0.312. The van der Waals surface area contributed by atoms with Gasteiger partial charge in [-0.3, -0.25) is 24.1 Å². The molecule has 0 aromatic heterocycles. The number of nitrogens with zero attached hydrogens (tertiary/aromatic N) is 1. The van der Waals surface area contributed by atoms with Crippen molar-refractivity contribution in [2.75, 3.05) is 13.7 Å². The van der Waals surface area contributed by atoms with E-state index in [1.165, 1.54) is 18.1 Å². The Morgan fingerprint density at radius 2 is 1.73 bits per heavy atom. The molecule has 2 amide bonds. The number of allylic oxidation sites excluding steroid dienone is 6. The molecule has 0 radical (unpaired) electrons. The second-order valence-electron chi connectivity index (χ2n) is 10.9. The highest BCUT2D eigenvalue weighted by molar-refractivity contribution is 6.23. The molecule has 2 aromatic carbocycles. The number of phenolic OH excluding ortho intramolecular Hbond substituents is 2. The van der Waals surface area contributed by atoms with E-state index in [1.807, 2.05) is 6.08 Å². The van der Waals surface area contributed by atoms with Crippen molar-refractivity contribution in [3.8, 4) is 17.2 Å². The number of amides is 2. The number of methoxy groups -OCH3 is 1. The number of ether oxygens (including phenoxy) is 1. The molecule has 0 saturated carbocycles. The number of Topliss-reactive ketones (excluding diaryl/α,β-unsaturated/α-hetero) is 1. The first kappa shape index (κ1) is 25.8.